The quantitative estimate of drug-likeness (QED) is 0.478. The van der Waals surface area contributed by atoms with Crippen molar-refractivity contribution in [3.8, 4) is 0 Å². The SMILES string of the molecule is CCC1OC(=O)C(O)C(O)C1=O. The molecule has 0 saturated carbocycles. The molecule has 5 nitrogen and oxygen atoms in total. The van der Waals surface area contributed by atoms with Crippen LogP contribution < -0.4 is 0 Å². The minimum atomic E-state index is -1.72. The van der Waals surface area contributed by atoms with Crippen LogP contribution in [0.25, 0.3) is 0 Å². The molecule has 0 radical (unpaired) electrons. The lowest BCUT2D eigenvalue weighted by molar-refractivity contribution is -0.184. The standard InChI is InChI=1S/C7H10O5/c1-2-3-4(8)5(9)6(10)7(11)12-3/h3,5-6,9-10H,2H2,1H3. The fourth-order valence-electron chi connectivity index (χ4n) is 1.03. The van der Waals surface area contributed by atoms with Gasteiger partial charge in [0.2, 0.25) is 5.78 Å². The van der Waals surface area contributed by atoms with Crippen molar-refractivity contribution in [2.24, 2.45) is 0 Å². The molecule has 0 bridgehead atoms. The highest BCUT2D eigenvalue weighted by Crippen LogP contribution is 2.14. The molecule has 0 aromatic heterocycles. The molecule has 68 valence electrons. The predicted molar refractivity (Wildman–Crippen MR) is 37.2 cm³/mol. The van der Waals surface area contributed by atoms with Gasteiger partial charge in [0.15, 0.2) is 18.3 Å². The van der Waals surface area contributed by atoms with Crippen molar-refractivity contribution >= 4 is 11.8 Å². The van der Waals surface area contributed by atoms with E-state index < -0.39 is 30.1 Å². The molecular formula is C7H10O5. The summed E-state index contributed by atoms with van der Waals surface area (Å²) in [4.78, 5) is 21.8. The minimum absolute atomic E-state index is 0.314. The number of ketones is 1. The third-order valence-corrected chi connectivity index (χ3v) is 1.78. The summed E-state index contributed by atoms with van der Waals surface area (Å²) < 4.78 is 4.53. The predicted octanol–water partition coefficient (Wildman–Crippen LogP) is -1.39. The van der Waals surface area contributed by atoms with Crippen molar-refractivity contribution < 1.29 is 24.5 Å². The number of carbonyl (C=O) groups excluding carboxylic acids is 2. The zero-order valence-corrected chi connectivity index (χ0v) is 6.56. The van der Waals surface area contributed by atoms with Crippen LogP contribution in [-0.2, 0) is 14.3 Å². The summed E-state index contributed by atoms with van der Waals surface area (Å²) in [6, 6.07) is 0. The van der Waals surface area contributed by atoms with E-state index in [0.717, 1.165) is 0 Å². The van der Waals surface area contributed by atoms with Gasteiger partial charge in [-0.05, 0) is 6.42 Å². The molecule has 0 amide bonds. The molecular weight excluding hydrogens is 164 g/mol. The van der Waals surface area contributed by atoms with Gasteiger partial charge >= 0.3 is 5.97 Å². The molecule has 5 heteroatoms. The number of hydrogen-bond acceptors (Lipinski definition) is 5. The molecule has 1 aliphatic rings. The molecule has 1 heterocycles. The molecule has 1 rings (SSSR count). The first-order valence-corrected chi connectivity index (χ1v) is 3.68. The lowest BCUT2D eigenvalue weighted by atomic mass is 10.00. The maximum absolute atomic E-state index is 11.0. The Morgan fingerprint density at radius 2 is 1.92 bits per heavy atom. The Bertz CT molecular complexity index is 208. The van der Waals surface area contributed by atoms with E-state index in [9.17, 15) is 9.59 Å². The minimum Gasteiger partial charge on any atom is -0.452 e. The molecule has 0 aliphatic carbocycles. The van der Waals surface area contributed by atoms with E-state index in [1.165, 1.54) is 0 Å². The van der Waals surface area contributed by atoms with Crippen LogP contribution in [0.5, 0.6) is 0 Å². The number of rotatable bonds is 1. The Kier molecular flexibility index (Phi) is 2.44. The second-order valence-corrected chi connectivity index (χ2v) is 2.63. The van der Waals surface area contributed by atoms with E-state index in [4.69, 9.17) is 10.2 Å². The topological polar surface area (TPSA) is 83.8 Å². The molecule has 1 aliphatic heterocycles. The molecule has 3 unspecified atom stereocenters. The fourth-order valence-corrected chi connectivity index (χ4v) is 1.03. The maximum Gasteiger partial charge on any atom is 0.338 e. The van der Waals surface area contributed by atoms with Crippen molar-refractivity contribution in [2.75, 3.05) is 0 Å². The van der Waals surface area contributed by atoms with Crippen molar-refractivity contribution in [2.45, 2.75) is 31.7 Å². The summed E-state index contributed by atoms with van der Waals surface area (Å²) in [5.74, 6) is -1.57. The smallest absolute Gasteiger partial charge is 0.338 e. The van der Waals surface area contributed by atoms with Crippen LogP contribution in [0.15, 0.2) is 0 Å². The molecule has 0 aromatic carbocycles. The van der Waals surface area contributed by atoms with Crippen LogP contribution in [0.3, 0.4) is 0 Å². The average molecular weight is 174 g/mol. The number of hydrogen-bond donors (Lipinski definition) is 2. The van der Waals surface area contributed by atoms with Crippen LogP contribution in [-0.4, -0.2) is 40.3 Å². The monoisotopic (exact) mass is 174 g/mol. The highest BCUT2D eigenvalue weighted by atomic mass is 16.6. The first-order chi connectivity index (χ1) is 5.57. The van der Waals surface area contributed by atoms with Crippen molar-refractivity contribution in [1.29, 1.82) is 0 Å². The van der Waals surface area contributed by atoms with E-state index in [1.54, 1.807) is 6.92 Å². The maximum atomic E-state index is 11.0. The van der Waals surface area contributed by atoms with Crippen LogP contribution >= 0.6 is 0 Å². The Morgan fingerprint density at radius 3 is 2.42 bits per heavy atom. The molecule has 0 spiro atoms. The fraction of sp³-hybridized carbons (Fsp3) is 0.714. The number of Topliss-reactive ketones (excluding diaryl/α,β-unsaturated/α-hetero) is 1. The van der Waals surface area contributed by atoms with E-state index in [1.807, 2.05) is 0 Å². The van der Waals surface area contributed by atoms with Gasteiger partial charge in [0.25, 0.3) is 0 Å². The van der Waals surface area contributed by atoms with Gasteiger partial charge < -0.3 is 14.9 Å². The second-order valence-electron chi connectivity index (χ2n) is 2.63. The molecule has 0 aromatic rings. The third-order valence-electron chi connectivity index (χ3n) is 1.78. The number of ether oxygens (including phenoxy) is 1. The van der Waals surface area contributed by atoms with Crippen LogP contribution in [0.4, 0.5) is 0 Å². The first-order valence-electron chi connectivity index (χ1n) is 3.68. The number of cyclic esters (lactones) is 1. The third kappa shape index (κ3) is 1.33. The van der Waals surface area contributed by atoms with Crippen LogP contribution in [0.1, 0.15) is 13.3 Å². The largest absolute Gasteiger partial charge is 0.452 e. The van der Waals surface area contributed by atoms with Crippen molar-refractivity contribution in [3.05, 3.63) is 0 Å². The number of aliphatic hydroxyl groups excluding tert-OH is 2. The summed E-state index contributed by atoms with van der Waals surface area (Å²) in [5.41, 5.74) is 0. The summed E-state index contributed by atoms with van der Waals surface area (Å²) in [6.07, 6.45) is -3.94. The van der Waals surface area contributed by atoms with Gasteiger partial charge in [0, 0.05) is 0 Å². The molecule has 2 N–H and O–H groups in total. The van der Waals surface area contributed by atoms with E-state index in [0.29, 0.717) is 6.42 Å². The van der Waals surface area contributed by atoms with E-state index >= 15 is 0 Å². The van der Waals surface area contributed by atoms with Gasteiger partial charge in [-0.3, -0.25) is 4.79 Å². The molecule has 1 fully saturated rings. The first kappa shape index (κ1) is 9.15. The lowest BCUT2D eigenvalue weighted by Crippen LogP contribution is -2.52. The zero-order valence-electron chi connectivity index (χ0n) is 6.56. The molecule has 12 heavy (non-hydrogen) atoms. The summed E-state index contributed by atoms with van der Waals surface area (Å²) in [7, 11) is 0. The normalized spacial score (nSPS) is 36.4. The van der Waals surface area contributed by atoms with Gasteiger partial charge in [0.1, 0.15) is 0 Å². The molecule has 3 atom stereocenters. The van der Waals surface area contributed by atoms with Crippen LogP contribution in [0.2, 0.25) is 0 Å². The number of esters is 1. The zero-order chi connectivity index (χ0) is 9.30. The number of aliphatic hydroxyl groups is 2. The second kappa shape index (κ2) is 3.20. The summed E-state index contributed by atoms with van der Waals surface area (Å²) in [6.45, 7) is 1.65. The van der Waals surface area contributed by atoms with Gasteiger partial charge in [-0.15, -0.1) is 0 Å². The van der Waals surface area contributed by atoms with Crippen LogP contribution in [0, 0.1) is 0 Å². The van der Waals surface area contributed by atoms with Gasteiger partial charge in [0.05, 0.1) is 0 Å². The van der Waals surface area contributed by atoms with Gasteiger partial charge in [-0.1, -0.05) is 6.92 Å². The van der Waals surface area contributed by atoms with Gasteiger partial charge in [-0.2, -0.15) is 0 Å². The number of carbonyl (C=O) groups is 2. The summed E-state index contributed by atoms with van der Waals surface area (Å²) >= 11 is 0. The van der Waals surface area contributed by atoms with E-state index in [-0.39, 0.29) is 0 Å². The highest BCUT2D eigenvalue weighted by Gasteiger charge is 2.42. The average Bonchev–Trinajstić information content (AvgIpc) is 2.08. The van der Waals surface area contributed by atoms with Crippen molar-refractivity contribution in [1.82, 2.24) is 0 Å². The van der Waals surface area contributed by atoms with Crippen molar-refractivity contribution in [3.63, 3.8) is 0 Å². The Hall–Kier alpha value is -0.940. The molecule has 1 saturated heterocycles. The summed E-state index contributed by atoms with van der Waals surface area (Å²) in [5, 5.41) is 17.9. The highest BCUT2D eigenvalue weighted by molar-refractivity contribution is 5.97. The van der Waals surface area contributed by atoms with Gasteiger partial charge in [-0.25, -0.2) is 4.79 Å². The Morgan fingerprint density at radius 1 is 1.33 bits per heavy atom. The van der Waals surface area contributed by atoms with E-state index in [2.05, 4.69) is 4.74 Å². The lowest BCUT2D eigenvalue weighted by Gasteiger charge is -2.27. The Balaban J connectivity index is 2.77. The Labute approximate surface area is 68.9 Å².